The maximum atomic E-state index is 11.9. The van der Waals surface area contributed by atoms with E-state index in [1.54, 1.807) is 7.05 Å². The van der Waals surface area contributed by atoms with Crippen LogP contribution in [0.15, 0.2) is 40.3 Å². The second-order valence-corrected chi connectivity index (χ2v) is 3.55. The molecule has 0 amide bonds. The molecule has 0 aliphatic rings. The molecule has 1 aromatic carbocycles. The fourth-order valence-electron chi connectivity index (χ4n) is 1.62. The summed E-state index contributed by atoms with van der Waals surface area (Å²) in [6.45, 7) is 0. The van der Waals surface area contributed by atoms with Crippen LogP contribution in [0, 0.1) is 0 Å². The normalized spacial score (nSPS) is 10.9. The van der Waals surface area contributed by atoms with Gasteiger partial charge >= 0.3 is 0 Å². The number of aryl methyl sites for hydroxylation is 1. The van der Waals surface area contributed by atoms with Crippen molar-refractivity contribution in [1.29, 1.82) is 0 Å². The van der Waals surface area contributed by atoms with Crippen LogP contribution in [0.3, 0.4) is 0 Å². The molecule has 1 heterocycles. The van der Waals surface area contributed by atoms with Crippen molar-refractivity contribution in [2.45, 2.75) is 0 Å². The maximum Gasteiger partial charge on any atom is 0.275 e. The first kappa shape index (κ1) is 11.2. The van der Waals surface area contributed by atoms with Gasteiger partial charge in [0.2, 0.25) is 0 Å². The molecule has 0 bridgehead atoms. The van der Waals surface area contributed by atoms with Crippen LogP contribution >= 0.6 is 0 Å². The molecule has 0 aliphatic carbocycles. The molecule has 0 saturated heterocycles. The number of benzene rings is 1. The summed E-state index contributed by atoms with van der Waals surface area (Å²) in [5, 5.41) is 6.64. The van der Waals surface area contributed by atoms with E-state index in [0.717, 1.165) is 11.3 Å². The van der Waals surface area contributed by atoms with E-state index in [1.165, 1.54) is 18.0 Å². The Morgan fingerprint density at radius 2 is 2.06 bits per heavy atom. The third-order valence-electron chi connectivity index (χ3n) is 2.43. The Balaban J connectivity index is 2.58. The average molecular weight is 231 g/mol. The average Bonchev–Trinajstić information content (AvgIpc) is 2.65. The van der Waals surface area contributed by atoms with Gasteiger partial charge in [0.15, 0.2) is 0 Å². The first-order chi connectivity index (χ1) is 8.24. The van der Waals surface area contributed by atoms with Crippen LogP contribution in [0.5, 0.6) is 0 Å². The van der Waals surface area contributed by atoms with Gasteiger partial charge < -0.3 is 4.84 Å². The Hall–Kier alpha value is -2.30. The first-order valence-corrected chi connectivity index (χ1v) is 5.15. The lowest BCUT2D eigenvalue weighted by molar-refractivity contribution is 0.215. The van der Waals surface area contributed by atoms with Crippen molar-refractivity contribution in [1.82, 2.24) is 9.78 Å². The van der Waals surface area contributed by atoms with Crippen molar-refractivity contribution < 1.29 is 4.84 Å². The van der Waals surface area contributed by atoms with Crippen LogP contribution in [0.25, 0.3) is 11.3 Å². The van der Waals surface area contributed by atoms with E-state index in [9.17, 15) is 4.79 Å². The van der Waals surface area contributed by atoms with Crippen molar-refractivity contribution >= 4 is 6.21 Å². The molecule has 5 nitrogen and oxygen atoms in total. The quantitative estimate of drug-likeness (QED) is 0.640. The molecule has 2 aromatic rings. The number of rotatable bonds is 3. The van der Waals surface area contributed by atoms with Crippen LogP contribution < -0.4 is 5.56 Å². The molecule has 88 valence electrons. The zero-order valence-corrected chi connectivity index (χ0v) is 9.68. The fourth-order valence-corrected chi connectivity index (χ4v) is 1.62. The van der Waals surface area contributed by atoms with E-state index >= 15 is 0 Å². The molecule has 17 heavy (non-hydrogen) atoms. The highest BCUT2D eigenvalue weighted by Gasteiger charge is 2.11. The molecular formula is C12H13N3O2. The summed E-state index contributed by atoms with van der Waals surface area (Å²) in [6, 6.07) is 9.61. The first-order valence-electron chi connectivity index (χ1n) is 5.15. The third kappa shape index (κ3) is 2.13. The van der Waals surface area contributed by atoms with E-state index in [-0.39, 0.29) is 5.56 Å². The molecule has 5 heteroatoms. The Morgan fingerprint density at radius 3 is 2.71 bits per heavy atom. The van der Waals surface area contributed by atoms with Gasteiger partial charge in [0.05, 0.1) is 17.5 Å². The molecule has 2 rings (SSSR count). The highest BCUT2D eigenvalue weighted by Crippen LogP contribution is 2.17. The summed E-state index contributed by atoms with van der Waals surface area (Å²) < 4.78 is 1.42. The number of hydrogen-bond donors (Lipinski definition) is 1. The summed E-state index contributed by atoms with van der Waals surface area (Å²) in [7, 11) is 3.11. The topological polar surface area (TPSA) is 59.4 Å². The molecule has 0 radical (unpaired) electrons. The van der Waals surface area contributed by atoms with Gasteiger partial charge in [-0.1, -0.05) is 35.5 Å². The van der Waals surface area contributed by atoms with Crippen molar-refractivity contribution in [3.8, 4) is 11.3 Å². The summed E-state index contributed by atoms with van der Waals surface area (Å²) >= 11 is 0. The monoisotopic (exact) mass is 231 g/mol. The lowest BCUT2D eigenvalue weighted by atomic mass is 10.1. The number of aromatic nitrogens is 2. The minimum absolute atomic E-state index is 0.135. The largest absolute Gasteiger partial charge is 0.399 e. The van der Waals surface area contributed by atoms with Crippen LogP contribution in [0.2, 0.25) is 0 Å². The van der Waals surface area contributed by atoms with Crippen LogP contribution in [-0.4, -0.2) is 23.1 Å². The van der Waals surface area contributed by atoms with Crippen molar-refractivity contribution in [2.75, 3.05) is 7.11 Å². The SMILES string of the molecule is CON=Cc1c(-c2ccccc2)[nH]n(C)c1=O. The Kier molecular flexibility index (Phi) is 3.09. The third-order valence-corrected chi connectivity index (χ3v) is 2.43. The standard InChI is InChI=1S/C12H13N3O2/c1-15-12(16)10(8-13-17-2)11(14-15)9-6-4-3-5-7-9/h3-8,14H,1-2H3. The van der Waals surface area contributed by atoms with Gasteiger partial charge in [0.1, 0.15) is 7.11 Å². The number of hydrogen-bond acceptors (Lipinski definition) is 3. The number of nitrogens with one attached hydrogen (secondary N) is 1. The molecule has 1 N–H and O–H groups in total. The second-order valence-electron chi connectivity index (χ2n) is 3.55. The summed E-state index contributed by atoms with van der Waals surface area (Å²) in [4.78, 5) is 16.5. The molecule has 0 spiro atoms. The van der Waals surface area contributed by atoms with Crippen molar-refractivity contribution in [2.24, 2.45) is 12.2 Å². The van der Waals surface area contributed by atoms with Crippen molar-refractivity contribution in [3.63, 3.8) is 0 Å². The van der Waals surface area contributed by atoms with Gasteiger partial charge in [0, 0.05) is 12.6 Å². The van der Waals surface area contributed by atoms with Crippen molar-refractivity contribution in [3.05, 3.63) is 46.2 Å². The minimum atomic E-state index is -0.135. The predicted molar refractivity (Wildman–Crippen MR) is 66.1 cm³/mol. The number of aromatic amines is 1. The van der Waals surface area contributed by atoms with Gasteiger partial charge in [-0.3, -0.25) is 14.6 Å². The molecule has 0 atom stereocenters. The molecule has 0 saturated carbocycles. The Labute approximate surface area is 98.3 Å². The number of nitrogens with zero attached hydrogens (tertiary/aromatic N) is 2. The van der Waals surface area contributed by atoms with E-state index < -0.39 is 0 Å². The van der Waals surface area contributed by atoms with Gasteiger partial charge in [-0.25, -0.2) is 0 Å². The highest BCUT2D eigenvalue weighted by molar-refractivity contribution is 5.88. The Bertz CT molecular complexity index is 582. The minimum Gasteiger partial charge on any atom is -0.399 e. The molecule has 1 aromatic heterocycles. The fraction of sp³-hybridized carbons (Fsp3) is 0.167. The summed E-state index contributed by atoms with van der Waals surface area (Å²) in [6.07, 6.45) is 1.42. The number of H-pyrrole nitrogens is 1. The molecule has 0 unspecified atom stereocenters. The summed E-state index contributed by atoms with van der Waals surface area (Å²) in [5.41, 5.74) is 2.02. The lowest BCUT2D eigenvalue weighted by Gasteiger charge is -1.98. The molecule has 0 fully saturated rings. The second kappa shape index (κ2) is 4.69. The smallest absolute Gasteiger partial charge is 0.275 e. The molecular weight excluding hydrogens is 218 g/mol. The van der Waals surface area contributed by atoms with Crippen LogP contribution in [-0.2, 0) is 11.9 Å². The predicted octanol–water partition coefficient (Wildman–Crippen LogP) is 1.36. The zero-order valence-electron chi connectivity index (χ0n) is 9.68. The van der Waals surface area contributed by atoms with Gasteiger partial charge in [-0.15, -0.1) is 0 Å². The zero-order chi connectivity index (χ0) is 12.3. The Morgan fingerprint density at radius 1 is 1.35 bits per heavy atom. The van der Waals surface area contributed by atoms with Gasteiger partial charge in [-0.2, -0.15) is 0 Å². The highest BCUT2D eigenvalue weighted by atomic mass is 16.6. The van der Waals surface area contributed by atoms with E-state index in [0.29, 0.717) is 5.56 Å². The van der Waals surface area contributed by atoms with Gasteiger partial charge in [0.25, 0.3) is 5.56 Å². The lowest BCUT2D eigenvalue weighted by Crippen LogP contribution is -2.14. The number of oxime groups is 1. The van der Waals surface area contributed by atoms with Crippen LogP contribution in [0.4, 0.5) is 0 Å². The van der Waals surface area contributed by atoms with Gasteiger partial charge in [-0.05, 0) is 0 Å². The van der Waals surface area contributed by atoms with E-state index in [2.05, 4.69) is 15.1 Å². The summed E-state index contributed by atoms with van der Waals surface area (Å²) in [5.74, 6) is 0. The van der Waals surface area contributed by atoms with E-state index in [4.69, 9.17) is 0 Å². The van der Waals surface area contributed by atoms with E-state index in [1.807, 2.05) is 30.3 Å². The van der Waals surface area contributed by atoms with Crippen LogP contribution in [0.1, 0.15) is 5.56 Å². The maximum absolute atomic E-state index is 11.9. The molecule has 0 aliphatic heterocycles.